The van der Waals surface area contributed by atoms with Crippen molar-refractivity contribution in [2.24, 2.45) is 0 Å². The van der Waals surface area contributed by atoms with E-state index in [1.807, 2.05) is 13.3 Å². The highest BCUT2D eigenvalue weighted by molar-refractivity contribution is 5.06. The van der Waals surface area contributed by atoms with E-state index >= 15 is 0 Å². The molecule has 0 aromatic heterocycles. The lowest BCUT2D eigenvalue weighted by Gasteiger charge is -1.80. The van der Waals surface area contributed by atoms with Crippen LogP contribution in [0.15, 0.2) is 0 Å². The predicted octanol–water partition coefficient (Wildman–Crippen LogP) is 2.40. The van der Waals surface area contributed by atoms with Crippen LogP contribution in [0.2, 0.25) is 0 Å². The van der Waals surface area contributed by atoms with Crippen LogP contribution in [0.4, 0.5) is 0 Å². The van der Waals surface area contributed by atoms with E-state index in [2.05, 4.69) is 18.8 Å². The lowest BCUT2D eigenvalue weighted by molar-refractivity contribution is 0.798. The zero-order valence-electron chi connectivity index (χ0n) is 5.70. The Hall–Kier alpha value is -0.570. The third-order valence-electron chi connectivity index (χ3n) is 0.948. The molecule has 0 saturated carbocycles. The number of hydrogen-bond donors (Lipinski definition) is 0. The van der Waals surface area contributed by atoms with Crippen LogP contribution in [-0.2, 0) is 0 Å². The van der Waals surface area contributed by atoms with Gasteiger partial charge in [0.05, 0.1) is 13.3 Å². The van der Waals surface area contributed by atoms with Gasteiger partial charge in [-0.2, -0.15) is 0 Å². The minimum absolute atomic E-state index is 1.15. The zero-order valence-corrected chi connectivity index (χ0v) is 5.70. The molecule has 0 nitrogen and oxygen atoms in total. The van der Waals surface area contributed by atoms with Crippen LogP contribution >= 0.6 is 0 Å². The molecule has 0 spiro atoms. The predicted molar refractivity (Wildman–Crippen MR) is 37.3 cm³/mol. The van der Waals surface area contributed by atoms with Crippen molar-refractivity contribution in [1.29, 1.82) is 0 Å². The summed E-state index contributed by atoms with van der Waals surface area (Å²) in [5, 5.41) is 0. The zero-order chi connectivity index (χ0) is 6.24. The molecule has 44 valence electrons. The molecule has 0 aliphatic heterocycles. The second-order valence-electron chi connectivity index (χ2n) is 1.74. The molecule has 0 radical (unpaired) electrons. The summed E-state index contributed by atoms with van der Waals surface area (Å²) in [5.74, 6) is 5.73. The van der Waals surface area contributed by atoms with Gasteiger partial charge >= 0.3 is 0 Å². The molecule has 0 N–H and O–H groups in total. The van der Waals surface area contributed by atoms with Gasteiger partial charge in [-0.05, 0) is 6.42 Å². The Bertz CT molecular complexity index is 81.9. The summed E-state index contributed by atoms with van der Waals surface area (Å²) in [6.45, 7) is 4.05. The van der Waals surface area contributed by atoms with Crippen LogP contribution in [-0.4, -0.2) is 0 Å². The van der Waals surface area contributed by atoms with Gasteiger partial charge in [0.1, 0.15) is 11.8 Å². The first-order chi connectivity index (χ1) is 3.91. The summed E-state index contributed by atoms with van der Waals surface area (Å²) in [6.07, 6.45) is 5.72. The molecule has 0 aromatic carbocycles. The van der Waals surface area contributed by atoms with E-state index in [4.69, 9.17) is 0 Å². The average molecular weight is 109 g/mol. The molecular formula is C8H13+. The third-order valence-corrected chi connectivity index (χ3v) is 0.948. The second kappa shape index (κ2) is 6.43. The largest absolute Gasteiger partial charge is 0.138 e. The minimum Gasteiger partial charge on any atom is -0.0653 e. The van der Waals surface area contributed by atoms with Crippen molar-refractivity contribution in [2.45, 2.75) is 33.1 Å². The minimum atomic E-state index is 1.15. The first-order valence-electron chi connectivity index (χ1n) is 3.15. The molecule has 0 atom stereocenters. The molecule has 0 bridgehead atoms. The van der Waals surface area contributed by atoms with Crippen LogP contribution in [0.1, 0.15) is 33.1 Å². The van der Waals surface area contributed by atoms with Gasteiger partial charge in [-0.15, -0.1) is 0 Å². The summed E-state index contributed by atoms with van der Waals surface area (Å²) < 4.78 is 0. The van der Waals surface area contributed by atoms with Crippen molar-refractivity contribution < 1.29 is 0 Å². The van der Waals surface area contributed by atoms with Crippen molar-refractivity contribution in [3.05, 3.63) is 6.42 Å². The van der Waals surface area contributed by atoms with Crippen molar-refractivity contribution in [3.8, 4) is 11.8 Å². The maximum absolute atomic E-state index is 2.91. The Morgan fingerprint density at radius 2 is 2.25 bits per heavy atom. The van der Waals surface area contributed by atoms with Gasteiger partial charge in [0.25, 0.3) is 0 Å². The molecule has 0 rings (SSSR count). The molecular weight excluding hydrogens is 96.1 g/mol. The van der Waals surface area contributed by atoms with E-state index in [0.717, 1.165) is 6.42 Å². The lowest BCUT2D eigenvalue weighted by Crippen LogP contribution is -1.70. The standard InChI is InChI=1S/C8H13/c1-3-5-7-8-6-4-2/h8H,3,5,7H2,1-2H3/q+1. The van der Waals surface area contributed by atoms with Gasteiger partial charge in [-0.3, -0.25) is 0 Å². The Balaban J connectivity index is 2.79. The SMILES string of the molecule is CC#C[CH+]CCCC. The summed E-state index contributed by atoms with van der Waals surface area (Å²) in [7, 11) is 0. The summed E-state index contributed by atoms with van der Waals surface area (Å²) in [5.41, 5.74) is 0. The number of unbranched alkanes of at least 4 members (excludes halogenated alkanes) is 3. The van der Waals surface area contributed by atoms with Crippen molar-refractivity contribution >= 4 is 0 Å². The van der Waals surface area contributed by atoms with Gasteiger partial charge in [0.15, 0.2) is 0 Å². The molecule has 0 unspecified atom stereocenters. The molecule has 8 heavy (non-hydrogen) atoms. The fraction of sp³-hybridized carbons (Fsp3) is 0.625. The third kappa shape index (κ3) is 5.43. The first-order valence-corrected chi connectivity index (χ1v) is 3.15. The van der Waals surface area contributed by atoms with Crippen molar-refractivity contribution in [1.82, 2.24) is 0 Å². The average Bonchev–Trinajstić information content (AvgIpc) is 1.81. The molecule has 0 heterocycles. The molecule has 0 heteroatoms. The molecule has 0 saturated heterocycles. The molecule has 0 aliphatic rings. The Labute approximate surface area is 52.3 Å². The normalized spacial score (nSPS) is 7.25. The van der Waals surface area contributed by atoms with E-state index in [-0.39, 0.29) is 0 Å². The monoisotopic (exact) mass is 109 g/mol. The highest BCUT2D eigenvalue weighted by Gasteiger charge is 1.85. The van der Waals surface area contributed by atoms with Crippen molar-refractivity contribution in [3.63, 3.8) is 0 Å². The van der Waals surface area contributed by atoms with Gasteiger partial charge < -0.3 is 0 Å². The van der Waals surface area contributed by atoms with Crippen LogP contribution in [0, 0.1) is 18.3 Å². The van der Waals surface area contributed by atoms with Crippen LogP contribution in [0.5, 0.6) is 0 Å². The van der Waals surface area contributed by atoms with E-state index in [1.165, 1.54) is 12.8 Å². The fourth-order valence-corrected chi connectivity index (χ4v) is 0.480. The van der Waals surface area contributed by atoms with Gasteiger partial charge in [-0.25, -0.2) is 0 Å². The van der Waals surface area contributed by atoms with E-state index in [9.17, 15) is 0 Å². The van der Waals surface area contributed by atoms with Gasteiger partial charge in [0, 0.05) is 6.42 Å². The maximum atomic E-state index is 2.91. The van der Waals surface area contributed by atoms with Crippen LogP contribution < -0.4 is 0 Å². The molecule has 0 aliphatic carbocycles. The fourth-order valence-electron chi connectivity index (χ4n) is 0.480. The van der Waals surface area contributed by atoms with Gasteiger partial charge in [0.2, 0.25) is 0 Å². The Kier molecular flexibility index (Phi) is 5.97. The van der Waals surface area contributed by atoms with Crippen LogP contribution in [0.3, 0.4) is 0 Å². The molecule has 0 aromatic rings. The second-order valence-corrected chi connectivity index (χ2v) is 1.74. The highest BCUT2D eigenvalue weighted by Crippen LogP contribution is 1.94. The first kappa shape index (κ1) is 7.43. The molecule has 0 fully saturated rings. The van der Waals surface area contributed by atoms with Gasteiger partial charge in [-0.1, -0.05) is 13.3 Å². The summed E-state index contributed by atoms with van der Waals surface area (Å²) in [4.78, 5) is 0. The smallest absolute Gasteiger partial charge is 0.0653 e. The highest BCUT2D eigenvalue weighted by atomic mass is 13.8. The molecule has 0 amide bonds. The Morgan fingerprint density at radius 1 is 1.50 bits per heavy atom. The maximum Gasteiger partial charge on any atom is 0.138 e. The lowest BCUT2D eigenvalue weighted by atomic mass is 10.2. The van der Waals surface area contributed by atoms with E-state index in [0.29, 0.717) is 0 Å². The number of rotatable bonds is 3. The topological polar surface area (TPSA) is 0 Å². The summed E-state index contributed by atoms with van der Waals surface area (Å²) in [6, 6.07) is 0. The number of hydrogen-bond acceptors (Lipinski definition) is 0. The van der Waals surface area contributed by atoms with Crippen molar-refractivity contribution in [2.75, 3.05) is 0 Å². The summed E-state index contributed by atoms with van der Waals surface area (Å²) >= 11 is 0. The quantitative estimate of drug-likeness (QED) is 0.296. The van der Waals surface area contributed by atoms with Crippen LogP contribution in [0.25, 0.3) is 0 Å². The Morgan fingerprint density at radius 3 is 2.75 bits per heavy atom. The van der Waals surface area contributed by atoms with E-state index in [1.54, 1.807) is 0 Å². The van der Waals surface area contributed by atoms with E-state index < -0.39 is 0 Å².